The maximum atomic E-state index is 14.4. The minimum atomic E-state index is -0.446. The molecule has 0 amide bonds. The Kier molecular flexibility index (Phi) is 4.08. The van der Waals surface area contributed by atoms with Gasteiger partial charge >= 0.3 is 6.01 Å². The van der Waals surface area contributed by atoms with Crippen molar-refractivity contribution in [2.24, 2.45) is 0 Å². The van der Waals surface area contributed by atoms with Gasteiger partial charge in [-0.05, 0) is 36.5 Å². The van der Waals surface area contributed by atoms with Crippen LogP contribution >= 0.6 is 0 Å². The summed E-state index contributed by atoms with van der Waals surface area (Å²) in [6, 6.07) is 5.02. The summed E-state index contributed by atoms with van der Waals surface area (Å²) in [5.74, 6) is 0.663. The zero-order chi connectivity index (χ0) is 18.1. The lowest BCUT2D eigenvalue weighted by Gasteiger charge is -2.35. The fourth-order valence-corrected chi connectivity index (χ4v) is 3.02. The largest absolute Gasteiger partial charge is 0.421 e. The van der Waals surface area contributed by atoms with Gasteiger partial charge in [-0.3, -0.25) is 4.98 Å². The third-order valence-corrected chi connectivity index (χ3v) is 4.52. The van der Waals surface area contributed by atoms with Crippen LogP contribution in [0.1, 0.15) is 35.9 Å². The number of ether oxygens (including phenoxy) is 1. The number of benzene rings is 1. The van der Waals surface area contributed by atoms with Crippen molar-refractivity contribution in [1.82, 2.24) is 19.9 Å². The van der Waals surface area contributed by atoms with Gasteiger partial charge in [0.2, 0.25) is 0 Å². The van der Waals surface area contributed by atoms with E-state index in [1.807, 2.05) is 6.07 Å². The van der Waals surface area contributed by atoms with E-state index in [1.165, 1.54) is 18.5 Å². The average molecular weight is 352 g/mol. The topological polar surface area (TPSA) is 113 Å². The second kappa shape index (κ2) is 6.55. The van der Waals surface area contributed by atoms with Crippen LogP contribution in [0.15, 0.2) is 43.0 Å². The van der Waals surface area contributed by atoms with Gasteiger partial charge in [-0.15, -0.1) is 0 Å². The molecule has 1 aliphatic carbocycles. The monoisotopic (exact) mass is 352 g/mol. The number of nitrogens with zero attached hydrogens (tertiary/aromatic N) is 4. The highest BCUT2D eigenvalue weighted by atomic mass is 19.1. The molecule has 4 rings (SSSR count). The third kappa shape index (κ3) is 3.26. The second-order valence-electron chi connectivity index (χ2n) is 6.32. The van der Waals surface area contributed by atoms with E-state index in [4.69, 9.17) is 16.2 Å². The molecular formula is C18H17FN6O. The van der Waals surface area contributed by atoms with Crippen LogP contribution in [0.4, 0.5) is 15.9 Å². The number of aromatic nitrogens is 4. The van der Waals surface area contributed by atoms with Crippen LogP contribution in [-0.2, 0) is 0 Å². The average Bonchev–Trinajstić information content (AvgIpc) is 2.59. The van der Waals surface area contributed by atoms with Crippen LogP contribution in [0, 0.1) is 5.82 Å². The van der Waals surface area contributed by atoms with E-state index in [-0.39, 0.29) is 17.7 Å². The molecule has 0 saturated heterocycles. The summed E-state index contributed by atoms with van der Waals surface area (Å²) in [6.07, 6.45) is 7.89. The Morgan fingerprint density at radius 3 is 2.35 bits per heavy atom. The Balaban J connectivity index is 1.42. The molecule has 0 atom stereocenters. The van der Waals surface area contributed by atoms with Crippen LogP contribution in [0.2, 0.25) is 0 Å². The highest BCUT2D eigenvalue weighted by Crippen LogP contribution is 2.47. The number of rotatable bonds is 4. The molecule has 1 aliphatic rings. The quantitative estimate of drug-likeness (QED) is 0.742. The summed E-state index contributed by atoms with van der Waals surface area (Å²) in [4.78, 5) is 16.2. The van der Waals surface area contributed by atoms with Gasteiger partial charge in [-0.1, -0.05) is 6.07 Å². The lowest BCUT2D eigenvalue weighted by Crippen LogP contribution is -2.21. The van der Waals surface area contributed by atoms with Gasteiger partial charge in [0.1, 0.15) is 5.82 Å². The van der Waals surface area contributed by atoms with Gasteiger partial charge in [-0.2, -0.15) is 0 Å². The Hall–Kier alpha value is -3.29. The minimum absolute atomic E-state index is 0.0523. The highest BCUT2D eigenvalue weighted by Gasteiger charge is 2.33. The SMILES string of the molecule is Nc1cnc(Oc2ccc(C3CC(c4cnc(N)cn4)C3)cc2F)nc1. The Bertz CT molecular complexity index is 910. The molecule has 1 aromatic carbocycles. The molecule has 8 heteroatoms. The first kappa shape index (κ1) is 16.2. The van der Waals surface area contributed by atoms with Gasteiger partial charge in [0.05, 0.1) is 36.2 Å². The first-order valence-electron chi connectivity index (χ1n) is 8.20. The molecule has 1 saturated carbocycles. The predicted molar refractivity (Wildman–Crippen MR) is 94.1 cm³/mol. The summed E-state index contributed by atoms with van der Waals surface area (Å²) >= 11 is 0. The Labute approximate surface area is 149 Å². The van der Waals surface area contributed by atoms with Crippen molar-refractivity contribution < 1.29 is 9.13 Å². The van der Waals surface area contributed by atoms with Crippen LogP contribution < -0.4 is 16.2 Å². The molecule has 4 N–H and O–H groups in total. The van der Waals surface area contributed by atoms with Crippen molar-refractivity contribution in [2.45, 2.75) is 24.7 Å². The van der Waals surface area contributed by atoms with E-state index in [0.29, 0.717) is 17.4 Å². The van der Waals surface area contributed by atoms with E-state index >= 15 is 0 Å². The lowest BCUT2D eigenvalue weighted by molar-refractivity contribution is 0.342. The number of nitrogens with two attached hydrogens (primary N) is 2. The molecule has 2 aromatic heterocycles. The first-order valence-corrected chi connectivity index (χ1v) is 8.20. The number of nitrogen functional groups attached to an aromatic ring is 2. The maximum absolute atomic E-state index is 14.4. The summed E-state index contributed by atoms with van der Waals surface area (Å²) in [7, 11) is 0. The maximum Gasteiger partial charge on any atom is 0.322 e. The first-order chi connectivity index (χ1) is 12.6. The van der Waals surface area contributed by atoms with Crippen molar-refractivity contribution in [2.75, 3.05) is 11.5 Å². The van der Waals surface area contributed by atoms with E-state index < -0.39 is 5.82 Å². The Morgan fingerprint density at radius 1 is 0.923 bits per heavy atom. The van der Waals surface area contributed by atoms with Crippen molar-refractivity contribution in [1.29, 1.82) is 0 Å². The second-order valence-corrected chi connectivity index (χ2v) is 6.32. The smallest absolute Gasteiger partial charge is 0.322 e. The zero-order valence-electron chi connectivity index (χ0n) is 13.8. The highest BCUT2D eigenvalue weighted by molar-refractivity contribution is 5.36. The molecular weight excluding hydrogens is 335 g/mol. The van der Waals surface area contributed by atoms with Crippen LogP contribution in [-0.4, -0.2) is 19.9 Å². The molecule has 0 unspecified atom stereocenters. The fraction of sp³-hybridized carbons (Fsp3) is 0.222. The molecule has 0 aliphatic heterocycles. The molecule has 26 heavy (non-hydrogen) atoms. The molecule has 132 valence electrons. The molecule has 2 heterocycles. The fourth-order valence-electron chi connectivity index (χ4n) is 3.02. The number of halogens is 1. The third-order valence-electron chi connectivity index (χ3n) is 4.52. The summed E-state index contributed by atoms with van der Waals surface area (Å²) in [5, 5.41) is 0. The van der Waals surface area contributed by atoms with Gasteiger partial charge in [0.15, 0.2) is 11.6 Å². The lowest BCUT2D eigenvalue weighted by atomic mass is 9.70. The molecule has 7 nitrogen and oxygen atoms in total. The van der Waals surface area contributed by atoms with Gasteiger partial charge < -0.3 is 16.2 Å². The van der Waals surface area contributed by atoms with Gasteiger partial charge in [0, 0.05) is 5.92 Å². The van der Waals surface area contributed by atoms with Crippen LogP contribution in [0.3, 0.4) is 0 Å². The molecule has 0 spiro atoms. The van der Waals surface area contributed by atoms with E-state index in [0.717, 1.165) is 24.1 Å². The van der Waals surface area contributed by atoms with Crippen molar-refractivity contribution in [3.05, 3.63) is 60.1 Å². The molecule has 0 radical (unpaired) electrons. The van der Waals surface area contributed by atoms with Crippen LogP contribution in [0.25, 0.3) is 0 Å². The summed E-state index contributed by atoms with van der Waals surface area (Å²) < 4.78 is 19.7. The Morgan fingerprint density at radius 2 is 1.69 bits per heavy atom. The van der Waals surface area contributed by atoms with E-state index in [9.17, 15) is 4.39 Å². The molecule has 3 aromatic rings. The normalized spacial score (nSPS) is 19.0. The number of hydrogen-bond donors (Lipinski definition) is 2. The van der Waals surface area contributed by atoms with Crippen molar-refractivity contribution in [3.63, 3.8) is 0 Å². The molecule has 1 fully saturated rings. The van der Waals surface area contributed by atoms with Gasteiger partial charge in [0.25, 0.3) is 0 Å². The van der Waals surface area contributed by atoms with E-state index in [1.54, 1.807) is 18.5 Å². The van der Waals surface area contributed by atoms with Crippen molar-refractivity contribution >= 4 is 11.5 Å². The summed E-state index contributed by atoms with van der Waals surface area (Å²) in [6.45, 7) is 0. The number of anilines is 2. The number of hydrogen-bond acceptors (Lipinski definition) is 7. The molecule has 0 bridgehead atoms. The zero-order valence-corrected chi connectivity index (χ0v) is 13.8. The summed E-state index contributed by atoms with van der Waals surface area (Å²) in [5.41, 5.74) is 13.4. The predicted octanol–water partition coefficient (Wildman–Crippen LogP) is 3.02. The van der Waals surface area contributed by atoms with E-state index in [2.05, 4.69) is 19.9 Å². The van der Waals surface area contributed by atoms with Crippen molar-refractivity contribution in [3.8, 4) is 11.8 Å². The van der Waals surface area contributed by atoms with Crippen LogP contribution in [0.5, 0.6) is 11.8 Å². The van der Waals surface area contributed by atoms with Gasteiger partial charge in [-0.25, -0.2) is 19.3 Å². The standard InChI is InChI=1S/C18H17FN6O/c19-14-5-10(1-2-16(14)26-18-24-6-13(20)7-25-18)11-3-12(4-11)15-8-23-17(21)9-22-15/h1-2,5-9,11-12H,3-4,20H2,(H2,21,23). The minimum Gasteiger partial charge on any atom is -0.421 e.